The molecule has 0 aliphatic heterocycles. The number of hydrogen-bond donors (Lipinski definition) is 3. The molecule has 0 bridgehead atoms. The highest BCUT2D eigenvalue weighted by molar-refractivity contribution is 7.22. The third-order valence-corrected chi connectivity index (χ3v) is 5.09. The van der Waals surface area contributed by atoms with E-state index in [-0.39, 0.29) is 0 Å². The maximum atomic E-state index is 6.21. The molecule has 2 aromatic heterocycles. The van der Waals surface area contributed by atoms with Crippen molar-refractivity contribution in [3.63, 3.8) is 0 Å². The van der Waals surface area contributed by atoms with E-state index in [1.807, 2.05) is 24.3 Å². The second-order valence-electron chi connectivity index (χ2n) is 5.35. The molecule has 9 heteroatoms. The van der Waals surface area contributed by atoms with Gasteiger partial charge >= 0.3 is 0 Å². The molecule has 0 aliphatic rings. The summed E-state index contributed by atoms with van der Waals surface area (Å²) >= 11 is 13.6. The average molecular weight is 403 g/mol. The molecule has 0 aliphatic carbocycles. The number of hydrogen-bond acceptors (Lipinski definition) is 7. The van der Waals surface area contributed by atoms with Crippen molar-refractivity contribution in [3.8, 4) is 0 Å². The van der Waals surface area contributed by atoms with Gasteiger partial charge in [-0.2, -0.15) is 0 Å². The molecule has 0 spiro atoms. The van der Waals surface area contributed by atoms with E-state index in [1.165, 1.54) is 17.7 Å². The summed E-state index contributed by atoms with van der Waals surface area (Å²) in [5, 5.41) is 7.97. The Labute approximate surface area is 163 Å². The Kier molecular flexibility index (Phi) is 4.50. The zero-order valence-corrected chi connectivity index (χ0v) is 15.5. The number of fused-ring (bicyclic) bond motifs is 1. The van der Waals surface area contributed by atoms with Crippen LogP contribution < -0.4 is 16.4 Å². The average Bonchev–Trinajstić information content (AvgIpc) is 3.03. The molecule has 4 aromatic rings. The van der Waals surface area contributed by atoms with E-state index in [0.717, 1.165) is 10.2 Å². The van der Waals surface area contributed by atoms with Crippen LogP contribution in [0.25, 0.3) is 10.2 Å². The smallest absolute Gasteiger partial charge is 0.189 e. The Morgan fingerprint density at radius 3 is 2.50 bits per heavy atom. The lowest BCUT2D eigenvalue weighted by atomic mass is 10.3. The van der Waals surface area contributed by atoms with Crippen LogP contribution in [0.3, 0.4) is 0 Å². The molecule has 2 heterocycles. The standard InChI is InChI=1S/C17H12Cl2N6S/c18-9-5-6-11(10(19)7-9)23-15-14(20)16(22-8-21-15)25-17-24-12-3-1-2-4-13(12)26-17/h1-8H,20H2,(H2,21,22,23,24,25). The maximum absolute atomic E-state index is 6.21. The summed E-state index contributed by atoms with van der Waals surface area (Å²) in [5.74, 6) is 0.902. The van der Waals surface area contributed by atoms with Crippen molar-refractivity contribution < 1.29 is 0 Å². The second kappa shape index (κ2) is 6.95. The predicted octanol–water partition coefficient (Wildman–Crippen LogP) is 5.46. The molecule has 4 rings (SSSR count). The Bertz CT molecular complexity index is 1060. The number of nitrogens with two attached hydrogens (primary N) is 1. The van der Waals surface area contributed by atoms with Gasteiger partial charge in [0.15, 0.2) is 16.8 Å². The highest BCUT2D eigenvalue weighted by Gasteiger charge is 2.12. The van der Waals surface area contributed by atoms with Gasteiger partial charge in [-0.3, -0.25) is 0 Å². The lowest BCUT2D eigenvalue weighted by Crippen LogP contribution is -2.05. The van der Waals surface area contributed by atoms with Gasteiger partial charge in [0.25, 0.3) is 0 Å². The largest absolute Gasteiger partial charge is 0.393 e. The molecule has 0 saturated carbocycles. The number of nitrogens with zero attached hydrogens (tertiary/aromatic N) is 3. The number of nitrogens with one attached hydrogen (secondary N) is 2. The summed E-state index contributed by atoms with van der Waals surface area (Å²) in [4.78, 5) is 12.9. The van der Waals surface area contributed by atoms with Gasteiger partial charge in [-0.05, 0) is 30.3 Å². The minimum atomic E-state index is 0.359. The molecule has 0 radical (unpaired) electrons. The van der Waals surface area contributed by atoms with E-state index in [1.54, 1.807) is 18.2 Å². The van der Waals surface area contributed by atoms with Crippen LogP contribution in [0.5, 0.6) is 0 Å². The molecule has 0 fully saturated rings. The first-order chi connectivity index (χ1) is 12.6. The van der Waals surface area contributed by atoms with E-state index in [4.69, 9.17) is 28.9 Å². The first-order valence-electron chi connectivity index (χ1n) is 7.55. The summed E-state index contributed by atoms with van der Waals surface area (Å²) in [5.41, 5.74) is 8.13. The lowest BCUT2D eigenvalue weighted by molar-refractivity contribution is 1.17. The Balaban J connectivity index is 1.62. The number of rotatable bonds is 4. The normalized spacial score (nSPS) is 10.8. The molecule has 0 saturated heterocycles. The first-order valence-corrected chi connectivity index (χ1v) is 9.12. The molecule has 4 N–H and O–H groups in total. The zero-order chi connectivity index (χ0) is 18.1. The summed E-state index contributed by atoms with van der Waals surface area (Å²) in [6.07, 6.45) is 1.41. The predicted molar refractivity (Wildman–Crippen MR) is 109 cm³/mol. The highest BCUT2D eigenvalue weighted by atomic mass is 35.5. The van der Waals surface area contributed by atoms with Gasteiger partial charge in [-0.25, -0.2) is 15.0 Å². The van der Waals surface area contributed by atoms with E-state index in [9.17, 15) is 0 Å². The van der Waals surface area contributed by atoms with E-state index < -0.39 is 0 Å². The van der Waals surface area contributed by atoms with Gasteiger partial charge in [-0.15, -0.1) is 0 Å². The fraction of sp³-hybridized carbons (Fsp3) is 0. The second-order valence-corrected chi connectivity index (χ2v) is 7.22. The summed E-state index contributed by atoms with van der Waals surface area (Å²) in [6, 6.07) is 13.0. The molecular formula is C17H12Cl2N6S. The SMILES string of the molecule is Nc1c(Nc2nc3ccccc3s2)ncnc1Nc1ccc(Cl)cc1Cl. The number of thiazole rings is 1. The van der Waals surface area contributed by atoms with Crippen LogP contribution in [0.4, 0.5) is 28.1 Å². The van der Waals surface area contributed by atoms with Crippen LogP contribution in [-0.4, -0.2) is 15.0 Å². The van der Waals surface area contributed by atoms with Gasteiger partial charge in [-0.1, -0.05) is 46.7 Å². The molecule has 0 amide bonds. The van der Waals surface area contributed by atoms with Gasteiger partial charge in [0.05, 0.1) is 20.9 Å². The summed E-state index contributed by atoms with van der Waals surface area (Å²) < 4.78 is 1.08. The number of nitrogen functional groups attached to an aromatic ring is 1. The van der Waals surface area contributed by atoms with Crippen molar-refractivity contribution in [2.45, 2.75) is 0 Å². The van der Waals surface area contributed by atoms with Crippen molar-refractivity contribution in [1.29, 1.82) is 0 Å². The van der Waals surface area contributed by atoms with Crippen LogP contribution in [0.15, 0.2) is 48.8 Å². The van der Waals surface area contributed by atoms with Gasteiger partial charge in [0, 0.05) is 5.02 Å². The van der Waals surface area contributed by atoms with E-state index in [0.29, 0.717) is 38.2 Å². The fourth-order valence-electron chi connectivity index (χ4n) is 2.34. The third kappa shape index (κ3) is 3.37. The Hall–Kier alpha value is -2.61. The van der Waals surface area contributed by atoms with Crippen LogP contribution >= 0.6 is 34.5 Å². The fourth-order valence-corrected chi connectivity index (χ4v) is 3.66. The van der Waals surface area contributed by atoms with Crippen LogP contribution in [0, 0.1) is 0 Å². The number of aromatic nitrogens is 3. The van der Waals surface area contributed by atoms with Crippen LogP contribution in [0.2, 0.25) is 10.0 Å². The van der Waals surface area contributed by atoms with Crippen molar-refractivity contribution in [3.05, 3.63) is 58.8 Å². The maximum Gasteiger partial charge on any atom is 0.189 e. The Morgan fingerprint density at radius 1 is 0.962 bits per heavy atom. The van der Waals surface area contributed by atoms with Crippen molar-refractivity contribution in [2.75, 3.05) is 16.4 Å². The van der Waals surface area contributed by atoms with Gasteiger partial charge < -0.3 is 16.4 Å². The minimum absolute atomic E-state index is 0.359. The summed E-state index contributed by atoms with van der Waals surface area (Å²) in [6.45, 7) is 0. The van der Waals surface area contributed by atoms with Gasteiger partial charge in [0.1, 0.15) is 12.0 Å². The van der Waals surface area contributed by atoms with Crippen molar-refractivity contribution in [1.82, 2.24) is 15.0 Å². The van der Waals surface area contributed by atoms with E-state index in [2.05, 4.69) is 25.6 Å². The molecule has 130 valence electrons. The monoisotopic (exact) mass is 402 g/mol. The topological polar surface area (TPSA) is 88.8 Å². The quantitative estimate of drug-likeness (QED) is 0.419. The molecule has 0 atom stereocenters. The number of benzene rings is 2. The van der Waals surface area contributed by atoms with Crippen LogP contribution in [-0.2, 0) is 0 Å². The van der Waals surface area contributed by atoms with E-state index >= 15 is 0 Å². The number of halogens is 2. The molecule has 26 heavy (non-hydrogen) atoms. The van der Waals surface area contributed by atoms with Crippen LogP contribution in [0.1, 0.15) is 0 Å². The lowest BCUT2D eigenvalue weighted by Gasteiger charge is -2.12. The molecule has 0 unspecified atom stereocenters. The minimum Gasteiger partial charge on any atom is -0.393 e. The molecule has 6 nitrogen and oxygen atoms in total. The van der Waals surface area contributed by atoms with Crippen molar-refractivity contribution >= 4 is 72.9 Å². The number of para-hydroxylation sites is 1. The number of anilines is 5. The van der Waals surface area contributed by atoms with Crippen molar-refractivity contribution in [2.24, 2.45) is 0 Å². The molecule has 2 aromatic carbocycles. The Morgan fingerprint density at radius 2 is 1.73 bits per heavy atom. The first kappa shape index (κ1) is 16.8. The third-order valence-electron chi connectivity index (χ3n) is 3.59. The van der Waals surface area contributed by atoms with Gasteiger partial charge in [0.2, 0.25) is 0 Å². The molecular weight excluding hydrogens is 391 g/mol. The highest BCUT2D eigenvalue weighted by Crippen LogP contribution is 2.33. The summed E-state index contributed by atoms with van der Waals surface area (Å²) in [7, 11) is 0. The zero-order valence-electron chi connectivity index (χ0n) is 13.2.